The third-order valence-electron chi connectivity index (χ3n) is 1.91. The Morgan fingerprint density at radius 1 is 1.40 bits per heavy atom. The summed E-state index contributed by atoms with van der Waals surface area (Å²) in [4.78, 5) is 11.2. The summed E-state index contributed by atoms with van der Waals surface area (Å²) in [6.45, 7) is 6.89. The zero-order valence-corrected chi connectivity index (χ0v) is 9.40. The monoisotopic (exact) mass is 212 g/mol. The average molecular weight is 212 g/mol. The van der Waals surface area contributed by atoms with Crippen LogP contribution < -0.4 is 0 Å². The van der Waals surface area contributed by atoms with Gasteiger partial charge in [0.2, 0.25) is 5.60 Å². The van der Waals surface area contributed by atoms with Gasteiger partial charge < -0.3 is 14.3 Å². The topological polar surface area (TPSA) is 59.7 Å². The van der Waals surface area contributed by atoms with Gasteiger partial charge in [-0.3, -0.25) is 0 Å². The van der Waals surface area contributed by atoms with E-state index in [2.05, 4.69) is 0 Å². The summed E-state index contributed by atoms with van der Waals surface area (Å²) >= 11 is 0. The lowest BCUT2D eigenvalue weighted by atomic mass is 10.0. The van der Waals surface area contributed by atoms with Gasteiger partial charge in [0.15, 0.2) is 0 Å². The smallest absolute Gasteiger partial charge is 0.343 e. The molecular weight excluding hydrogens is 196 g/mol. The Kier molecular flexibility index (Phi) is 2.90. The van der Waals surface area contributed by atoms with Crippen molar-refractivity contribution in [1.29, 1.82) is 0 Å². The molecule has 1 unspecified atom stereocenters. The van der Waals surface area contributed by atoms with Crippen LogP contribution in [-0.2, 0) is 15.1 Å². The van der Waals surface area contributed by atoms with Crippen LogP contribution in [0.2, 0.25) is 0 Å². The minimum Gasteiger partial charge on any atom is -0.479 e. The van der Waals surface area contributed by atoms with Crippen molar-refractivity contribution in [2.24, 2.45) is 0 Å². The number of carboxylic acid groups (broad SMARTS) is 1. The van der Waals surface area contributed by atoms with Crippen LogP contribution in [0.5, 0.6) is 0 Å². The van der Waals surface area contributed by atoms with Crippen molar-refractivity contribution >= 4 is 5.97 Å². The zero-order valence-electron chi connectivity index (χ0n) is 9.40. The third kappa shape index (κ3) is 2.59. The first-order valence-corrected chi connectivity index (χ1v) is 4.73. The fourth-order valence-corrected chi connectivity index (χ4v) is 1.36. The summed E-state index contributed by atoms with van der Waals surface area (Å²) in [6.07, 6.45) is 1.43. The Labute approximate surface area is 88.8 Å². The van der Waals surface area contributed by atoms with Crippen LogP contribution in [0.25, 0.3) is 0 Å². The normalized spacial score (nSPS) is 16.0. The first kappa shape index (κ1) is 11.8. The molecular formula is C11H16O4. The van der Waals surface area contributed by atoms with E-state index >= 15 is 0 Å². The van der Waals surface area contributed by atoms with Gasteiger partial charge in [0.1, 0.15) is 5.76 Å². The van der Waals surface area contributed by atoms with E-state index in [-0.39, 0.29) is 0 Å². The van der Waals surface area contributed by atoms with E-state index in [1.165, 1.54) is 13.2 Å². The molecule has 0 bridgehead atoms. The van der Waals surface area contributed by atoms with E-state index in [1.54, 1.807) is 32.9 Å². The highest BCUT2D eigenvalue weighted by molar-refractivity contribution is 5.78. The van der Waals surface area contributed by atoms with E-state index in [0.717, 1.165) is 0 Å². The van der Waals surface area contributed by atoms with Crippen molar-refractivity contribution in [3.63, 3.8) is 0 Å². The lowest BCUT2D eigenvalue weighted by Crippen LogP contribution is -2.41. The maximum atomic E-state index is 11.2. The van der Waals surface area contributed by atoms with Gasteiger partial charge >= 0.3 is 5.97 Å². The SMILES string of the molecule is CC(C)(C)OC(C)(C(=O)O)c1ccco1. The highest BCUT2D eigenvalue weighted by atomic mass is 16.6. The number of carboxylic acids is 1. The molecule has 0 radical (unpaired) electrons. The maximum Gasteiger partial charge on any atom is 0.343 e. The molecule has 0 amide bonds. The van der Waals surface area contributed by atoms with Crippen molar-refractivity contribution in [2.45, 2.75) is 38.9 Å². The summed E-state index contributed by atoms with van der Waals surface area (Å²) < 4.78 is 10.6. The molecule has 4 nitrogen and oxygen atoms in total. The maximum absolute atomic E-state index is 11.2. The number of furan rings is 1. The van der Waals surface area contributed by atoms with E-state index in [9.17, 15) is 9.90 Å². The summed E-state index contributed by atoms with van der Waals surface area (Å²) in [5.74, 6) is -0.766. The second-order valence-electron chi connectivity index (χ2n) is 4.53. The quantitative estimate of drug-likeness (QED) is 0.835. The minimum absolute atomic E-state index is 0.296. The Bertz CT molecular complexity index is 334. The van der Waals surface area contributed by atoms with Crippen molar-refractivity contribution in [2.75, 3.05) is 0 Å². The first-order valence-electron chi connectivity index (χ1n) is 4.73. The molecule has 1 heterocycles. The molecule has 15 heavy (non-hydrogen) atoms. The molecule has 0 spiro atoms. The average Bonchev–Trinajstić information content (AvgIpc) is 2.51. The molecule has 0 aliphatic carbocycles. The highest BCUT2D eigenvalue weighted by Crippen LogP contribution is 2.31. The second-order valence-corrected chi connectivity index (χ2v) is 4.53. The molecule has 4 heteroatoms. The lowest BCUT2D eigenvalue weighted by Gasteiger charge is -2.31. The third-order valence-corrected chi connectivity index (χ3v) is 1.91. The van der Waals surface area contributed by atoms with Crippen molar-refractivity contribution in [1.82, 2.24) is 0 Å². The number of rotatable bonds is 3. The second kappa shape index (κ2) is 3.70. The minimum atomic E-state index is -1.44. The molecule has 0 fully saturated rings. The molecule has 0 aromatic carbocycles. The Hall–Kier alpha value is -1.29. The molecule has 0 saturated heterocycles. The zero-order chi connectivity index (χ0) is 11.7. The number of carbonyl (C=O) groups is 1. The summed E-state index contributed by atoms with van der Waals surface area (Å²) in [7, 11) is 0. The molecule has 1 N–H and O–H groups in total. The van der Waals surface area contributed by atoms with Crippen LogP contribution in [0.3, 0.4) is 0 Å². The standard InChI is InChI=1S/C11H16O4/c1-10(2,3)15-11(4,9(12)13)8-6-5-7-14-8/h5-7H,1-4H3,(H,12,13). The largest absolute Gasteiger partial charge is 0.479 e. The van der Waals surface area contributed by atoms with E-state index in [1.807, 2.05) is 0 Å². The van der Waals surface area contributed by atoms with Gasteiger partial charge in [0.25, 0.3) is 0 Å². The van der Waals surface area contributed by atoms with E-state index in [4.69, 9.17) is 9.15 Å². The molecule has 0 aliphatic heterocycles. The van der Waals surface area contributed by atoms with Crippen LogP contribution in [-0.4, -0.2) is 16.7 Å². The fourth-order valence-electron chi connectivity index (χ4n) is 1.36. The van der Waals surface area contributed by atoms with E-state index < -0.39 is 17.2 Å². The van der Waals surface area contributed by atoms with Crippen LogP contribution in [0, 0.1) is 0 Å². The number of hydrogen-bond donors (Lipinski definition) is 1. The summed E-state index contributed by atoms with van der Waals surface area (Å²) in [5.41, 5.74) is -2.00. The lowest BCUT2D eigenvalue weighted by molar-refractivity contribution is -0.187. The molecule has 0 saturated carbocycles. The predicted octanol–water partition coefficient (Wildman–Crippen LogP) is 2.39. The van der Waals surface area contributed by atoms with Crippen LogP contribution in [0.15, 0.2) is 22.8 Å². The summed E-state index contributed by atoms with van der Waals surface area (Å²) in [6, 6.07) is 3.24. The number of aliphatic carboxylic acids is 1. The number of hydrogen-bond acceptors (Lipinski definition) is 3. The molecule has 1 atom stereocenters. The van der Waals surface area contributed by atoms with Crippen LogP contribution in [0.4, 0.5) is 0 Å². The number of ether oxygens (including phenoxy) is 1. The van der Waals surface area contributed by atoms with Gasteiger partial charge in [0, 0.05) is 0 Å². The predicted molar refractivity (Wildman–Crippen MR) is 54.5 cm³/mol. The fraction of sp³-hybridized carbons (Fsp3) is 0.545. The van der Waals surface area contributed by atoms with Gasteiger partial charge in [-0.2, -0.15) is 0 Å². The Balaban J connectivity index is 3.05. The Morgan fingerprint density at radius 3 is 2.33 bits per heavy atom. The van der Waals surface area contributed by atoms with Crippen molar-refractivity contribution in [3.05, 3.63) is 24.2 Å². The van der Waals surface area contributed by atoms with Gasteiger partial charge in [-0.05, 0) is 39.8 Å². The van der Waals surface area contributed by atoms with E-state index in [0.29, 0.717) is 5.76 Å². The Morgan fingerprint density at radius 2 is 2.00 bits per heavy atom. The first-order chi connectivity index (χ1) is 6.76. The highest BCUT2D eigenvalue weighted by Gasteiger charge is 2.42. The van der Waals surface area contributed by atoms with Gasteiger partial charge in [0.05, 0.1) is 11.9 Å². The summed E-state index contributed by atoms with van der Waals surface area (Å²) in [5, 5.41) is 9.18. The molecule has 1 rings (SSSR count). The molecule has 0 aliphatic rings. The van der Waals surface area contributed by atoms with Gasteiger partial charge in [-0.25, -0.2) is 4.79 Å². The molecule has 1 aromatic heterocycles. The van der Waals surface area contributed by atoms with Gasteiger partial charge in [-0.1, -0.05) is 0 Å². The van der Waals surface area contributed by atoms with Crippen LogP contribution >= 0.6 is 0 Å². The molecule has 1 aromatic rings. The van der Waals surface area contributed by atoms with Crippen molar-refractivity contribution in [3.8, 4) is 0 Å². The van der Waals surface area contributed by atoms with Gasteiger partial charge in [-0.15, -0.1) is 0 Å². The van der Waals surface area contributed by atoms with Crippen LogP contribution in [0.1, 0.15) is 33.5 Å². The molecule has 84 valence electrons. The van der Waals surface area contributed by atoms with Crippen molar-refractivity contribution < 1.29 is 19.1 Å².